The van der Waals surface area contributed by atoms with E-state index in [1.54, 1.807) is 24.3 Å². The summed E-state index contributed by atoms with van der Waals surface area (Å²) in [5, 5.41) is 5.87. The summed E-state index contributed by atoms with van der Waals surface area (Å²) in [6, 6.07) is 14.6. The van der Waals surface area contributed by atoms with Crippen molar-refractivity contribution in [3.8, 4) is 0 Å². The minimum absolute atomic E-state index is 0.0717. The zero-order chi connectivity index (χ0) is 23.9. The van der Waals surface area contributed by atoms with Gasteiger partial charge in [0.2, 0.25) is 0 Å². The van der Waals surface area contributed by atoms with Gasteiger partial charge in [0.15, 0.2) is 5.69 Å². The SMILES string of the molecule is CCCCCn1nc(C(=O)NNC(=O)COCc2nc3ccccc3s2)c2ccccc2c1=O. The number of hydrogen-bond donors (Lipinski definition) is 2. The lowest BCUT2D eigenvalue weighted by Gasteiger charge is -2.12. The summed E-state index contributed by atoms with van der Waals surface area (Å²) in [5.74, 6) is -1.13. The number of nitrogens with one attached hydrogen (secondary N) is 2. The Morgan fingerprint density at radius 1 is 1.03 bits per heavy atom. The number of carbonyl (C=O) groups excluding carboxylic acids is 2. The van der Waals surface area contributed by atoms with Crippen LogP contribution in [-0.2, 0) is 22.7 Å². The van der Waals surface area contributed by atoms with Gasteiger partial charge in [-0.25, -0.2) is 9.67 Å². The van der Waals surface area contributed by atoms with Crippen LogP contribution in [0.25, 0.3) is 21.0 Å². The molecule has 2 amide bonds. The van der Waals surface area contributed by atoms with Gasteiger partial charge in [0, 0.05) is 11.9 Å². The van der Waals surface area contributed by atoms with Crippen LogP contribution >= 0.6 is 11.3 Å². The number of carbonyl (C=O) groups is 2. The van der Waals surface area contributed by atoms with Crippen LogP contribution in [0.5, 0.6) is 0 Å². The van der Waals surface area contributed by atoms with Gasteiger partial charge in [-0.05, 0) is 24.6 Å². The molecule has 2 heterocycles. The van der Waals surface area contributed by atoms with Gasteiger partial charge in [-0.3, -0.25) is 25.2 Å². The number of unbranched alkanes of at least 4 members (excludes halogenated alkanes) is 2. The van der Waals surface area contributed by atoms with Crippen LogP contribution in [-0.4, -0.2) is 33.2 Å². The second-order valence-electron chi connectivity index (χ2n) is 7.70. The molecule has 0 radical (unpaired) electrons. The Kier molecular flexibility index (Phi) is 7.61. The maximum Gasteiger partial charge on any atom is 0.290 e. The average molecular weight is 480 g/mol. The molecule has 0 aliphatic rings. The fraction of sp³-hybridized carbons (Fsp3) is 0.292. The number of amides is 2. The fourth-order valence-electron chi connectivity index (χ4n) is 3.50. The number of rotatable bonds is 9. The van der Waals surface area contributed by atoms with Crippen LogP contribution in [0.4, 0.5) is 0 Å². The smallest absolute Gasteiger partial charge is 0.290 e. The van der Waals surface area contributed by atoms with Crippen molar-refractivity contribution in [3.63, 3.8) is 0 Å². The first kappa shape index (κ1) is 23.5. The lowest BCUT2D eigenvalue weighted by molar-refractivity contribution is -0.126. The van der Waals surface area contributed by atoms with Crippen molar-refractivity contribution >= 4 is 44.1 Å². The minimum atomic E-state index is -0.611. The first-order chi connectivity index (χ1) is 16.6. The zero-order valence-electron chi connectivity index (χ0n) is 18.7. The van der Waals surface area contributed by atoms with Crippen molar-refractivity contribution in [2.75, 3.05) is 6.61 Å². The number of benzene rings is 2. The molecule has 10 heteroatoms. The molecule has 0 unspecified atom stereocenters. The van der Waals surface area contributed by atoms with Crippen LogP contribution in [0.1, 0.15) is 41.7 Å². The second-order valence-corrected chi connectivity index (χ2v) is 8.82. The number of thiazole rings is 1. The summed E-state index contributed by atoms with van der Waals surface area (Å²) >= 11 is 1.50. The molecule has 176 valence electrons. The topological polar surface area (TPSA) is 115 Å². The highest BCUT2D eigenvalue weighted by Gasteiger charge is 2.17. The molecular formula is C24H25N5O4S. The summed E-state index contributed by atoms with van der Waals surface area (Å²) in [4.78, 5) is 42.1. The second kappa shape index (κ2) is 11.0. The largest absolute Gasteiger partial charge is 0.364 e. The number of aryl methyl sites for hydroxylation is 1. The van der Waals surface area contributed by atoms with Gasteiger partial charge in [0.25, 0.3) is 17.4 Å². The average Bonchev–Trinajstić information content (AvgIpc) is 3.27. The predicted octanol–water partition coefficient (Wildman–Crippen LogP) is 3.17. The highest BCUT2D eigenvalue weighted by atomic mass is 32.1. The molecule has 0 bridgehead atoms. The van der Waals surface area contributed by atoms with E-state index < -0.39 is 11.8 Å². The first-order valence-electron chi connectivity index (χ1n) is 11.1. The normalized spacial score (nSPS) is 11.1. The number of nitrogens with zero attached hydrogens (tertiary/aromatic N) is 3. The van der Waals surface area contributed by atoms with E-state index in [2.05, 4.69) is 27.9 Å². The molecule has 2 aromatic carbocycles. The Balaban J connectivity index is 1.36. The van der Waals surface area contributed by atoms with Crippen molar-refractivity contribution in [1.82, 2.24) is 25.6 Å². The third kappa shape index (κ3) is 5.46. The Bertz CT molecular complexity index is 1350. The zero-order valence-corrected chi connectivity index (χ0v) is 19.6. The molecule has 2 aromatic heterocycles. The molecular weight excluding hydrogens is 454 g/mol. The van der Waals surface area contributed by atoms with Crippen LogP contribution in [0, 0.1) is 0 Å². The van der Waals surface area contributed by atoms with Crippen LogP contribution in [0.2, 0.25) is 0 Å². The Morgan fingerprint density at radius 2 is 1.79 bits per heavy atom. The highest BCUT2D eigenvalue weighted by molar-refractivity contribution is 7.18. The van der Waals surface area contributed by atoms with E-state index in [0.717, 1.165) is 34.5 Å². The molecule has 34 heavy (non-hydrogen) atoms. The molecule has 4 aromatic rings. The van der Waals surface area contributed by atoms with E-state index in [9.17, 15) is 14.4 Å². The number of aromatic nitrogens is 3. The van der Waals surface area contributed by atoms with Crippen molar-refractivity contribution in [1.29, 1.82) is 0 Å². The van der Waals surface area contributed by atoms with Gasteiger partial charge < -0.3 is 4.74 Å². The Hall–Kier alpha value is -3.63. The van der Waals surface area contributed by atoms with Crippen molar-refractivity contribution < 1.29 is 14.3 Å². The summed E-state index contributed by atoms with van der Waals surface area (Å²) in [6.45, 7) is 2.43. The van der Waals surface area contributed by atoms with Gasteiger partial charge in [-0.2, -0.15) is 5.10 Å². The molecule has 2 N–H and O–H groups in total. The number of ether oxygens (including phenoxy) is 1. The fourth-order valence-corrected chi connectivity index (χ4v) is 4.41. The highest BCUT2D eigenvalue weighted by Crippen LogP contribution is 2.21. The first-order valence-corrected chi connectivity index (χ1v) is 11.9. The lowest BCUT2D eigenvalue weighted by atomic mass is 10.1. The molecule has 0 fully saturated rings. The third-order valence-electron chi connectivity index (χ3n) is 5.17. The molecule has 0 spiro atoms. The summed E-state index contributed by atoms with van der Waals surface area (Å²) in [7, 11) is 0. The molecule has 0 aliphatic carbocycles. The van der Waals surface area contributed by atoms with Crippen molar-refractivity contribution in [2.24, 2.45) is 0 Å². The van der Waals surface area contributed by atoms with E-state index in [-0.39, 0.29) is 24.5 Å². The maximum absolute atomic E-state index is 12.8. The van der Waals surface area contributed by atoms with Gasteiger partial charge in [-0.15, -0.1) is 11.3 Å². The summed E-state index contributed by atoms with van der Waals surface area (Å²) < 4.78 is 7.80. The molecule has 0 saturated carbocycles. The minimum Gasteiger partial charge on any atom is -0.364 e. The molecule has 0 saturated heterocycles. The Labute approximate surface area is 199 Å². The number of para-hydroxylation sites is 1. The van der Waals surface area contributed by atoms with E-state index >= 15 is 0 Å². The van der Waals surface area contributed by atoms with E-state index in [1.807, 2.05) is 24.3 Å². The van der Waals surface area contributed by atoms with Gasteiger partial charge in [-0.1, -0.05) is 50.1 Å². The van der Waals surface area contributed by atoms with Crippen molar-refractivity contribution in [2.45, 2.75) is 39.3 Å². The molecule has 0 atom stereocenters. The number of hydrogen-bond acceptors (Lipinski definition) is 7. The predicted molar refractivity (Wildman–Crippen MR) is 130 cm³/mol. The molecule has 4 rings (SSSR count). The van der Waals surface area contributed by atoms with E-state index in [1.165, 1.54) is 16.0 Å². The van der Waals surface area contributed by atoms with Crippen LogP contribution in [0.15, 0.2) is 53.3 Å². The monoisotopic (exact) mass is 479 g/mol. The van der Waals surface area contributed by atoms with Crippen LogP contribution < -0.4 is 16.4 Å². The quantitative estimate of drug-likeness (QED) is 0.281. The van der Waals surface area contributed by atoms with Gasteiger partial charge >= 0.3 is 0 Å². The molecule has 0 aliphatic heterocycles. The lowest BCUT2D eigenvalue weighted by Crippen LogP contribution is -2.44. The van der Waals surface area contributed by atoms with Crippen LogP contribution in [0.3, 0.4) is 0 Å². The summed E-state index contributed by atoms with van der Waals surface area (Å²) in [6.07, 6.45) is 2.74. The van der Waals surface area contributed by atoms with Crippen molar-refractivity contribution in [3.05, 3.63) is 69.6 Å². The number of fused-ring (bicyclic) bond motifs is 2. The number of hydrazine groups is 1. The standard InChI is InChI=1S/C24H25N5O4S/c1-2-3-8-13-29-24(32)17-10-5-4-9-16(17)22(28-29)23(31)27-26-20(30)14-33-15-21-25-18-11-6-7-12-19(18)34-21/h4-7,9-12H,2-3,8,13-15H2,1H3,(H,26,30)(H,27,31). The summed E-state index contributed by atoms with van der Waals surface area (Å²) in [5.41, 5.74) is 5.42. The molecule has 9 nitrogen and oxygen atoms in total. The van der Waals surface area contributed by atoms with Gasteiger partial charge in [0.1, 0.15) is 11.6 Å². The van der Waals surface area contributed by atoms with E-state index in [4.69, 9.17) is 4.74 Å². The third-order valence-corrected chi connectivity index (χ3v) is 6.18. The van der Waals surface area contributed by atoms with Gasteiger partial charge in [0.05, 0.1) is 22.2 Å². The maximum atomic E-state index is 12.8. The van der Waals surface area contributed by atoms with E-state index in [0.29, 0.717) is 17.3 Å². The Morgan fingerprint density at radius 3 is 2.59 bits per heavy atom.